The number of hydrogen-bond donors (Lipinski definition) is 4. The molecule has 2 atom stereocenters. The maximum absolute atomic E-state index is 13.1. The van der Waals surface area contributed by atoms with Crippen molar-refractivity contribution in [3.8, 4) is 0 Å². The number of anilines is 3. The van der Waals surface area contributed by atoms with E-state index in [1.54, 1.807) is 29.9 Å². The molecule has 1 amide bonds. The van der Waals surface area contributed by atoms with E-state index in [9.17, 15) is 14.7 Å². The number of carbonyl (C=O) groups is 1. The highest BCUT2D eigenvalue weighted by atomic mass is 16.5. The molecule has 3 aromatic rings. The van der Waals surface area contributed by atoms with Gasteiger partial charge in [-0.2, -0.15) is 9.61 Å². The lowest BCUT2D eigenvalue weighted by atomic mass is 9.89. The van der Waals surface area contributed by atoms with Gasteiger partial charge in [-0.15, -0.1) is 0 Å². The molecule has 11 nitrogen and oxygen atoms in total. The van der Waals surface area contributed by atoms with Crippen LogP contribution in [0, 0.1) is 0 Å². The summed E-state index contributed by atoms with van der Waals surface area (Å²) in [7, 11) is 1.74. The number of nitrogens with one attached hydrogen (secondary N) is 3. The Morgan fingerprint density at radius 3 is 2.76 bits per heavy atom. The van der Waals surface area contributed by atoms with Crippen LogP contribution in [0.5, 0.6) is 0 Å². The summed E-state index contributed by atoms with van der Waals surface area (Å²) >= 11 is 0. The minimum absolute atomic E-state index is 0.100. The lowest BCUT2D eigenvalue weighted by molar-refractivity contribution is 0.0448. The molecule has 0 spiro atoms. The first-order valence-electron chi connectivity index (χ1n) is 11.2. The van der Waals surface area contributed by atoms with Gasteiger partial charge in [0, 0.05) is 38.6 Å². The van der Waals surface area contributed by atoms with Crippen molar-refractivity contribution < 1.29 is 14.6 Å². The van der Waals surface area contributed by atoms with E-state index < -0.39 is 6.10 Å². The third-order valence-corrected chi connectivity index (χ3v) is 6.35. The number of nitrogens with zero attached hydrogens (tertiary/aromatic N) is 4. The van der Waals surface area contributed by atoms with E-state index in [0.29, 0.717) is 48.2 Å². The summed E-state index contributed by atoms with van der Waals surface area (Å²) in [6.07, 6.45) is 5.73. The van der Waals surface area contributed by atoms with E-state index in [1.807, 2.05) is 6.07 Å². The van der Waals surface area contributed by atoms with E-state index >= 15 is 0 Å². The number of hydrogen-bond acceptors (Lipinski definition) is 8. The molecular formula is C22H27N7O4. The minimum atomic E-state index is -0.523. The number of carbonyl (C=O) groups excluding carboxylic acids is 1. The van der Waals surface area contributed by atoms with Crippen LogP contribution < -0.4 is 21.5 Å². The highest BCUT2D eigenvalue weighted by Gasteiger charge is 2.31. The summed E-state index contributed by atoms with van der Waals surface area (Å²) in [6.45, 7) is 1.28. The molecule has 1 saturated carbocycles. The normalized spacial score (nSPS) is 20.9. The highest BCUT2D eigenvalue weighted by molar-refractivity contribution is 6.00. The molecule has 1 aliphatic carbocycles. The van der Waals surface area contributed by atoms with Gasteiger partial charge >= 0.3 is 0 Å². The largest absolute Gasteiger partial charge is 0.391 e. The SMILES string of the molecule is CNc1cc(Nc2cccn(C3CCOCC3)c2=O)nc2c(C(=O)N[C@H]3CC[C@@H]3O)cnn12. The quantitative estimate of drug-likeness (QED) is 0.438. The molecule has 0 unspecified atom stereocenters. The summed E-state index contributed by atoms with van der Waals surface area (Å²) in [6, 6.07) is 5.11. The fourth-order valence-corrected chi connectivity index (χ4v) is 4.26. The first kappa shape index (κ1) is 21.4. The van der Waals surface area contributed by atoms with Gasteiger partial charge in [0.15, 0.2) is 5.65 Å². The predicted octanol–water partition coefficient (Wildman–Crippen LogP) is 1.28. The summed E-state index contributed by atoms with van der Waals surface area (Å²) in [5.74, 6) is 0.667. The lowest BCUT2D eigenvalue weighted by Crippen LogP contribution is -2.50. The van der Waals surface area contributed by atoms with E-state index in [2.05, 4.69) is 26.0 Å². The van der Waals surface area contributed by atoms with Crippen LogP contribution in [0.25, 0.3) is 5.65 Å². The molecule has 11 heteroatoms. The molecule has 2 fully saturated rings. The van der Waals surface area contributed by atoms with Crippen molar-refractivity contribution in [1.82, 2.24) is 24.5 Å². The molecule has 174 valence electrons. The number of rotatable bonds is 6. The number of aliphatic hydroxyl groups excluding tert-OH is 1. The number of aromatic nitrogens is 4. The Hall–Kier alpha value is -3.44. The van der Waals surface area contributed by atoms with Gasteiger partial charge < -0.3 is 30.4 Å². The maximum Gasteiger partial charge on any atom is 0.274 e. The Balaban J connectivity index is 1.46. The first-order valence-corrected chi connectivity index (χ1v) is 11.2. The van der Waals surface area contributed by atoms with Gasteiger partial charge in [-0.1, -0.05) is 0 Å². The van der Waals surface area contributed by atoms with E-state index in [-0.39, 0.29) is 23.6 Å². The standard InChI is InChI=1S/C22H27N7O4/c1-23-19-11-18(25-16-3-2-8-28(22(16)32)13-6-9-33-10-7-13)27-20-14(12-24-29(19)20)21(31)26-15-4-5-17(15)30/h2-3,8,11-13,15,17,23,30H,4-7,9-10H2,1H3,(H,25,27)(H,26,31)/t15-,17-/m0/s1. The molecule has 3 aromatic heterocycles. The second-order valence-electron chi connectivity index (χ2n) is 8.40. The molecule has 4 heterocycles. The second kappa shape index (κ2) is 8.83. The van der Waals surface area contributed by atoms with Crippen LogP contribution in [0.15, 0.2) is 35.4 Å². The van der Waals surface area contributed by atoms with Crippen molar-refractivity contribution in [3.63, 3.8) is 0 Å². The number of fused-ring (bicyclic) bond motifs is 1. The van der Waals surface area contributed by atoms with Gasteiger partial charge in [-0.25, -0.2) is 4.98 Å². The van der Waals surface area contributed by atoms with Crippen molar-refractivity contribution in [1.29, 1.82) is 0 Å². The number of pyridine rings is 1. The Labute approximate surface area is 189 Å². The van der Waals surface area contributed by atoms with Gasteiger partial charge in [0.05, 0.1) is 18.3 Å². The number of aliphatic hydroxyl groups is 1. The lowest BCUT2D eigenvalue weighted by Gasteiger charge is -2.32. The summed E-state index contributed by atoms with van der Waals surface area (Å²) < 4.78 is 8.68. The van der Waals surface area contributed by atoms with Crippen LogP contribution in [-0.4, -0.2) is 62.6 Å². The zero-order valence-electron chi connectivity index (χ0n) is 18.3. The average Bonchev–Trinajstić information content (AvgIpc) is 3.27. The van der Waals surface area contributed by atoms with Crippen LogP contribution in [-0.2, 0) is 4.74 Å². The second-order valence-corrected chi connectivity index (χ2v) is 8.40. The third kappa shape index (κ3) is 4.05. The molecule has 2 aliphatic rings. The number of ether oxygens (including phenoxy) is 1. The van der Waals surface area contributed by atoms with Crippen LogP contribution >= 0.6 is 0 Å². The average molecular weight is 454 g/mol. The van der Waals surface area contributed by atoms with Gasteiger partial charge in [0.25, 0.3) is 11.5 Å². The Kier molecular flexibility index (Phi) is 5.73. The van der Waals surface area contributed by atoms with Gasteiger partial charge in [0.2, 0.25) is 0 Å². The van der Waals surface area contributed by atoms with Crippen molar-refractivity contribution in [2.24, 2.45) is 0 Å². The van der Waals surface area contributed by atoms with Gasteiger partial charge in [-0.3, -0.25) is 9.59 Å². The molecule has 1 aliphatic heterocycles. The van der Waals surface area contributed by atoms with Crippen LogP contribution in [0.2, 0.25) is 0 Å². The van der Waals surface area contributed by atoms with Crippen LogP contribution in [0.4, 0.5) is 17.3 Å². The van der Waals surface area contributed by atoms with E-state index in [1.165, 1.54) is 10.7 Å². The van der Waals surface area contributed by atoms with Crippen LogP contribution in [0.3, 0.4) is 0 Å². The Bertz CT molecular complexity index is 1230. The molecule has 33 heavy (non-hydrogen) atoms. The molecular weight excluding hydrogens is 426 g/mol. The fourth-order valence-electron chi connectivity index (χ4n) is 4.26. The van der Waals surface area contributed by atoms with Gasteiger partial charge in [0.1, 0.15) is 22.9 Å². The summed E-state index contributed by atoms with van der Waals surface area (Å²) in [4.78, 5) is 30.5. The number of amides is 1. The zero-order chi connectivity index (χ0) is 22.9. The summed E-state index contributed by atoms with van der Waals surface area (Å²) in [5.41, 5.74) is 0.895. The smallest absolute Gasteiger partial charge is 0.274 e. The molecule has 1 saturated heterocycles. The molecule has 0 radical (unpaired) electrons. The monoisotopic (exact) mass is 453 g/mol. The van der Waals surface area contributed by atoms with Crippen molar-refractivity contribution in [2.75, 3.05) is 30.9 Å². The zero-order valence-corrected chi connectivity index (χ0v) is 18.3. The van der Waals surface area contributed by atoms with Crippen molar-refractivity contribution in [2.45, 2.75) is 43.9 Å². The third-order valence-electron chi connectivity index (χ3n) is 6.35. The van der Waals surface area contributed by atoms with E-state index in [0.717, 1.165) is 19.3 Å². The van der Waals surface area contributed by atoms with E-state index in [4.69, 9.17) is 4.74 Å². The summed E-state index contributed by atoms with van der Waals surface area (Å²) in [5, 5.41) is 23.1. The molecule has 4 N–H and O–H groups in total. The predicted molar refractivity (Wildman–Crippen MR) is 122 cm³/mol. The fraction of sp³-hybridized carbons (Fsp3) is 0.455. The van der Waals surface area contributed by atoms with Crippen molar-refractivity contribution >= 4 is 28.9 Å². The van der Waals surface area contributed by atoms with Crippen LogP contribution in [0.1, 0.15) is 42.1 Å². The van der Waals surface area contributed by atoms with Crippen molar-refractivity contribution in [3.05, 3.63) is 46.5 Å². The van der Waals surface area contributed by atoms with Gasteiger partial charge in [-0.05, 0) is 37.8 Å². The Morgan fingerprint density at radius 2 is 2.06 bits per heavy atom. The molecule has 5 rings (SSSR count). The molecule has 0 aromatic carbocycles. The minimum Gasteiger partial charge on any atom is -0.391 e. The molecule has 0 bridgehead atoms. The Morgan fingerprint density at radius 1 is 1.24 bits per heavy atom. The first-order chi connectivity index (χ1) is 16.0. The topological polar surface area (TPSA) is 135 Å². The highest BCUT2D eigenvalue weighted by Crippen LogP contribution is 2.24. The maximum atomic E-state index is 13.1.